The van der Waals surface area contributed by atoms with E-state index in [1.807, 2.05) is 0 Å². The van der Waals surface area contributed by atoms with Crippen LogP contribution in [0.25, 0.3) is 0 Å². The summed E-state index contributed by atoms with van der Waals surface area (Å²) in [5.41, 5.74) is 0. The van der Waals surface area contributed by atoms with Crippen molar-refractivity contribution in [3.8, 4) is 0 Å². The second-order valence-electron chi connectivity index (χ2n) is 2.11. The summed E-state index contributed by atoms with van der Waals surface area (Å²) in [6.07, 6.45) is 3.85. The van der Waals surface area contributed by atoms with E-state index in [9.17, 15) is 5.26 Å². The lowest BCUT2D eigenvalue weighted by atomic mass is 10.2. The predicted molar refractivity (Wildman–Crippen MR) is 29.4 cm³/mol. The summed E-state index contributed by atoms with van der Waals surface area (Å²) in [5.74, 6) is 0.257. The maximum atomic E-state index is 9.78. The molecular formula is C6H10O3. The van der Waals surface area contributed by atoms with Crippen LogP contribution in [-0.2, 0) is 9.31 Å². The van der Waals surface area contributed by atoms with Crippen molar-refractivity contribution in [3.05, 3.63) is 0 Å². The Morgan fingerprint density at radius 1 is 1.33 bits per heavy atom. The average Bonchev–Trinajstić information content (AvgIpc) is 2.13. The predicted octanol–water partition coefficient (Wildman–Crippen LogP) is -0.0854. The molecule has 0 spiro atoms. The summed E-state index contributed by atoms with van der Waals surface area (Å²) in [4.78, 5) is 0. The highest BCUT2D eigenvalue weighted by Gasteiger charge is 2.15. The summed E-state index contributed by atoms with van der Waals surface area (Å²) in [5, 5.41) is 9.78. The topological polar surface area (TPSA) is 43.6 Å². The van der Waals surface area contributed by atoms with E-state index in [1.54, 1.807) is 0 Å². The molecule has 0 N–H and O–H groups in total. The van der Waals surface area contributed by atoms with Crippen LogP contribution in [0.1, 0.15) is 25.7 Å². The molecule has 1 rings (SSSR count). The third-order valence-corrected chi connectivity index (χ3v) is 1.38. The normalized spacial score (nSPS) is 25.1. The second kappa shape index (κ2) is 3.33. The summed E-state index contributed by atoms with van der Waals surface area (Å²) in [6, 6.07) is 0. The molecule has 1 fully saturated rings. The van der Waals surface area contributed by atoms with Gasteiger partial charge in [-0.1, -0.05) is 0 Å². The first-order valence-electron chi connectivity index (χ1n) is 3.22. The van der Waals surface area contributed by atoms with Gasteiger partial charge in [-0.05, 0) is 12.8 Å². The van der Waals surface area contributed by atoms with Crippen LogP contribution < -0.4 is 5.26 Å². The Morgan fingerprint density at radius 2 is 2.22 bits per heavy atom. The van der Waals surface area contributed by atoms with Crippen molar-refractivity contribution in [3.63, 3.8) is 0 Å². The van der Waals surface area contributed by atoms with Crippen molar-refractivity contribution in [2.45, 2.75) is 25.7 Å². The smallest absolute Gasteiger partial charge is 0.497 e. The van der Waals surface area contributed by atoms with Gasteiger partial charge in [-0.3, -0.25) is 4.58 Å². The van der Waals surface area contributed by atoms with Gasteiger partial charge in [-0.2, -0.15) is 0 Å². The Kier molecular flexibility index (Phi) is 2.36. The zero-order valence-electron chi connectivity index (χ0n) is 5.26. The standard InChI is InChI=1S/C6H10O3/c7-9-6-4-2-1-3-5-8-6/h1-5H2. The van der Waals surface area contributed by atoms with Gasteiger partial charge in [0.1, 0.15) is 6.42 Å². The fourth-order valence-electron chi connectivity index (χ4n) is 0.872. The molecule has 0 bridgehead atoms. The van der Waals surface area contributed by atoms with Crippen LogP contribution in [0, 0.1) is 0 Å². The van der Waals surface area contributed by atoms with E-state index in [1.165, 1.54) is 0 Å². The lowest BCUT2D eigenvalue weighted by Gasteiger charge is -1.88. The van der Waals surface area contributed by atoms with Gasteiger partial charge in [-0.25, -0.2) is 0 Å². The van der Waals surface area contributed by atoms with Gasteiger partial charge in [-0.15, -0.1) is 0 Å². The number of rotatable bonds is 0. The molecule has 3 nitrogen and oxygen atoms in total. The van der Waals surface area contributed by atoms with E-state index in [0.29, 0.717) is 13.0 Å². The van der Waals surface area contributed by atoms with Gasteiger partial charge in [0.05, 0.1) is 0 Å². The van der Waals surface area contributed by atoms with Crippen LogP contribution >= 0.6 is 0 Å². The Hall–Kier alpha value is -0.730. The molecule has 9 heavy (non-hydrogen) atoms. The Morgan fingerprint density at radius 3 is 3.00 bits per heavy atom. The molecule has 0 aliphatic carbocycles. The van der Waals surface area contributed by atoms with Crippen LogP contribution in [0.3, 0.4) is 0 Å². The summed E-state index contributed by atoms with van der Waals surface area (Å²) < 4.78 is 8.65. The molecule has 0 saturated carbocycles. The number of ether oxygens (including phenoxy) is 1. The number of cyclic esters (lactones) is 1. The van der Waals surface area contributed by atoms with Gasteiger partial charge < -0.3 is 9.99 Å². The first-order valence-corrected chi connectivity index (χ1v) is 3.22. The molecule has 0 aromatic heterocycles. The first-order chi connectivity index (χ1) is 4.43. The SMILES string of the molecule is [O-][O+]=C1CCCCCO1. The van der Waals surface area contributed by atoms with Crippen molar-refractivity contribution >= 4 is 5.97 Å². The highest BCUT2D eigenvalue weighted by atomic mass is 17.1. The van der Waals surface area contributed by atoms with E-state index in [0.717, 1.165) is 19.3 Å². The van der Waals surface area contributed by atoms with Crippen LogP contribution in [0.2, 0.25) is 0 Å². The molecule has 1 heterocycles. The Bertz CT molecular complexity index is 98.9. The lowest BCUT2D eigenvalue weighted by Crippen LogP contribution is -2.12. The van der Waals surface area contributed by atoms with Crippen LogP contribution in [0.4, 0.5) is 0 Å². The third kappa shape index (κ3) is 1.91. The third-order valence-electron chi connectivity index (χ3n) is 1.38. The van der Waals surface area contributed by atoms with E-state index < -0.39 is 0 Å². The first kappa shape index (κ1) is 6.39. The lowest BCUT2D eigenvalue weighted by molar-refractivity contribution is -1.05. The second-order valence-corrected chi connectivity index (χ2v) is 2.11. The van der Waals surface area contributed by atoms with Crippen molar-refractivity contribution in [2.24, 2.45) is 0 Å². The number of hydrogen-bond acceptors (Lipinski definition) is 2. The van der Waals surface area contributed by atoms with Gasteiger partial charge in [0.25, 0.3) is 0 Å². The molecular weight excluding hydrogens is 120 g/mol. The summed E-state index contributed by atoms with van der Waals surface area (Å²) in [6.45, 7) is 0.636. The molecule has 3 heteroatoms. The van der Waals surface area contributed by atoms with Crippen molar-refractivity contribution in [2.75, 3.05) is 6.61 Å². The molecule has 0 atom stereocenters. The van der Waals surface area contributed by atoms with Crippen LogP contribution in [0.5, 0.6) is 0 Å². The Labute approximate surface area is 53.9 Å². The molecule has 0 radical (unpaired) electrons. The molecule has 0 aromatic carbocycles. The van der Waals surface area contributed by atoms with Crippen LogP contribution in [-0.4, -0.2) is 12.6 Å². The minimum Gasteiger partial charge on any atom is -0.588 e. The molecule has 1 aliphatic rings. The quantitative estimate of drug-likeness (QED) is 0.199. The minimum atomic E-state index is 0.257. The maximum absolute atomic E-state index is 9.78. The largest absolute Gasteiger partial charge is 0.588 e. The summed E-state index contributed by atoms with van der Waals surface area (Å²) in [7, 11) is 0. The highest BCUT2D eigenvalue weighted by Crippen LogP contribution is 2.06. The van der Waals surface area contributed by atoms with Crippen molar-refractivity contribution in [1.29, 1.82) is 0 Å². The van der Waals surface area contributed by atoms with E-state index in [-0.39, 0.29) is 5.97 Å². The molecule has 0 amide bonds. The monoisotopic (exact) mass is 130 g/mol. The Balaban J connectivity index is 2.36. The van der Waals surface area contributed by atoms with Gasteiger partial charge in [0, 0.05) is 6.42 Å². The van der Waals surface area contributed by atoms with E-state index in [2.05, 4.69) is 4.58 Å². The fraction of sp³-hybridized carbons (Fsp3) is 0.833. The van der Waals surface area contributed by atoms with E-state index >= 15 is 0 Å². The number of carbonyl (C=O) groups excluding carboxylic acids is 1. The van der Waals surface area contributed by atoms with E-state index in [4.69, 9.17) is 4.74 Å². The molecule has 1 aliphatic heterocycles. The summed E-state index contributed by atoms with van der Waals surface area (Å²) >= 11 is 0. The average molecular weight is 130 g/mol. The number of hydrogen-bond donors (Lipinski definition) is 0. The zero-order chi connectivity index (χ0) is 6.53. The molecule has 0 unspecified atom stereocenters. The number of esters is 1. The minimum absolute atomic E-state index is 0.257. The maximum Gasteiger partial charge on any atom is 0.497 e. The van der Waals surface area contributed by atoms with Crippen molar-refractivity contribution in [1.82, 2.24) is 0 Å². The highest BCUT2D eigenvalue weighted by molar-refractivity contribution is 5.69. The van der Waals surface area contributed by atoms with Gasteiger partial charge >= 0.3 is 5.97 Å². The fourth-order valence-corrected chi connectivity index (χ4v) is 0.872. The van der Waals surface area contributed by atoms with Gasteiger partial charge in [0.15, 0.2) is 6.61 Å². The van der Waals surface area contributed by atoms with Crippen LogP contribution in [0.15, 0.2) is 0 Å². The van der Waals surface area contributed by atoms with Crippen molar-refractivity contribution < 1.29 is 14.6 Å². The van der Waals surface area contributed by atoms with Gasteiger partial charge in [0.2, 0.25) is 0 Å². The molecule has 52 valence electrons. The zero-order valence-corrected chi connectivity index (χ0v) is 5.26. The molecule has 1 saturated heterocycles. The molecule has 0 aromatic rings.